The van der Waals surface area contributed by atoms with E-state index in [0.29, 0.717) is 26.3 Å². The van der Waals surface area contributed by atoms with Gasteiger partial charge in [0.25, 0.3) is 0 Å². The first-order chi connectivity index (χ1) is 12.6. The lowest BCUT2D eigenvalue weighted by molar-refractivity contribution is -0.115. The van der Waals surface area contributed by atoms with Crippen molar-refractivity contribution in [2.24, 2.45) is 0 Å². The standard InChI is InChI=1S/C18H27N5O3/c1-21-6-8-22(9-7-21)16-4-2-15(3-5-16)20-17(24)14-19-18(25)23-10-12-26-13-11-23/h2-5H,6-14H2,1H3,(H,19,25)(H,20,24). The van der Waals surface area contributed by atoms with Crippen LogP contribution in [0.25, 0.3) is 0 Å². The number of piperazine rings is 1. The SMILES string of the molecule is CN1CCN(c2ccc(NC(=O)CNC(=O)N3CCOCC3)cc2)CC1. The van der Waals surface area contributed by atoms with Crippen molar-refractivity contribution in [2.75, 3.05) is 76.3 Å². The Morgan fingerprint density at radius 2 is 1.65 bits per heavy atom. The van der Waals surface area contributed by atoms with Gasteiger partial charge in [0.2, 0.25) is 5.91 Å². The van der Waals surface area contributed by atoms with E-state index in [4.69, 9.17) is 4.74 Å². The number of carbonyl (C=O) groups is 2. The van der Waals surface area contributed by atoms with Crippen LogP contribution >= 0.6 is 0 Å². The van der Waals surface area contributed by atoms with E-state index < -0.39 is 0 Å². The van der Waals surface area contributed by atoms with Crippen molar-refractivity contribution in [3.8, 4) is 0 Å². The number of hydrogen-bond acceptors (Lipinski definition) is 5. The lowest BCUT2D eigenvalue weighted by Crippen LogP contribution is -2.47. The molecule has 2 fully saturated rings. The summed E-state index contributed by atoms with van der Waals surface area (Å²) in [6.07, 6.45) is 0. The van der Waals surface area contributed by atoms with Gasteiger partial charge in [0, 0.05) is 50.6 Å². The summed E-state index contributed by atoms with van der Waals surface area (Å²) in [5.41, 5.74) is 1.89. The van der Waals surface area contributed by atoms with Crippen LogP contribution in [-0.2, 0) is 9.53 Å². The van der Waals surface area contributed by atoms with Gasteiger partial charge in [-0.25, -0.2) is 4.79 Å². The third-order valence-corrected chi connectivity index (χ3v) is 4.72. The zero-order valence-electron chi connectivity index (χ0n) is 15.2. The van der Waals surface area contributed by atoms with Crippen LogP contribution in [0.15, 0.2) is 24.3 Å². The van der Waals surface area contributed by atoms with E-state index in [1.54, 1.807) is 4.90 Å². The highest BCUT2D eigenvalue weighted by molar-refractivity contribution is 5.94. The van der Waals surface area contributed by atoms with Crippen molar-refractivity contribution in [1.29, 1.82) is 0 Å². The van der Waals surface area contributed by atoms with Gasteiger partial charge in [-0.05, 0) is 31.3 Å². The van der Waals surface area contributed by atoms with E-state index in [9.17, 15) is 9.59 Å². The Kier molecular flexibility index (Phi) is 6.30. The molecule has 0 atom stereocenters. The molecule has 1 aromatic rings. The van der Waals surface area contributed by atoms with E-state index in [1.165, 1.54) is 0 Å². The van der Waals surface area contributed by atoms with Crippen LogP contribution in [0.3, 0.4) is 0 Å². The van der Waals surface area contributed by atoms with Gasteiger partial charge in [-0.1, -0.05) is 0 Å². The molecule has 1 aromatic carbocycles. The first kappa shape index (κ1) is 18.5. The van der Waals surface area contributed by atoms with Gasteiger partial charge in [0.1, 0.15) is 0 Å². The molecule has 0 saturated carbocycles. The fraction of sp³-hybridized carbons (Fsp3) is 0.556. The number of anilines is 2. The molecule has 2 aliphatic heterocycles. The van der Waals surface area contributed by atoms with Crippen LogP contribution in [0, 0.1) is 0 Å². The van der Waals surface area contributed by atoms with Crippen LogP contribution in [0.4, 0.5) is 16.2 Å². The zero-order valence-corrected chi connectivity index (χ0v) is 15.2. The molecule has 0 aromatic heterocycles. The van der Waals surface area contributed by atoms with Crippen LogP contribution < -0.4 is 15.5 Å². The number of nitrogens with one attached hydrogen (secondary N) is 2. The molecule has 142 valence electrons. The lowest BCUT2D eigenvalue weighted by atomic mass is 10.2. The largest absolute Gasteiger partial charge is 0.378 e. The lowest BCUT2D eigenvalue weighted by Gasteiger charge is -2.34. The molecule has 26 heavy (non-hydrogen) atoms. The molecule has 0 unspecified atom stereocenters. The predicted molar refractivity (Wildman–Crippen MR) is 101 cm³/mol. The molecule has 0 bridgehead atoms. The fourth-order valence-electron chi connectivity index (χ4n) is 3.06. The number of amides is 3. The Balaban J connectivity index is 1.43. The number of nitrogens with zero attached hydrogens (tertiary/aromatic N) is 3. The van der Waals surface area contributed by atoms with Gasteiger partial charge in [0.05, 0.1) is 19.8 Å². The molecule has 8 heteroatoms. The molecular weight excluding hydrogens is 334 g/mol. The second-order valence-electron chi connectivity index (χ2n) is 6.64. The molecule has 2 N–H and O–H groups in total. The minimum Gasteiger partial charge on any atom is -0.378 e. The van der Waals surface area contributed by atoms with E-state index in [0.717, 1.165) is 37.6 Å². The number of carbonyl (C=O) groups excluding carboxylic acids is 2. The molecule has 3 rings (SSSR count). The first-order valence-corrected chi connectivity index (χ1v) is 9.06. The van der Waals surface area contributed by atoms with Crippen LogP contribution in [0.5, 0.6) is 0 Å². The summed E-state index contributed by atoms with van der Waals surface area (Å²) >= 11 is 0. The molecular formula is C18H27N5O3. The van der Waals surface area contributed by atoms with E-state index in [1.807, 2.05) is 24.3 Å². The molecule has 0 radical (unpaired) electrons. The van der Waals surface area contributed by atoms with Crippen LogP contribution in [0.1, 0.15) is 0 Å². The summed E-state index contributed by atoms with van der Waals surface area (Å²) in [4.78, 5) is 30.3. The summed E-state index contributed by atoms with van der Waals surface area (Å²) in [6.45, 7) is 6.28. The molecule has 2 heterocycles. The highest BCUT2D eigenvalue weighted by atomic mass is 16.5. The maximum absolute atomic E-state index is 12.0. The van der Waals surface area contributed by atoms with Crippen molar-refractivity contribution in [3.05, 3.63) is 24.3 Å². The predicted octanol–water partition coefficient (Wildman–Crippen LogP) is 0.419. The Bertz CT molecular complexity index is 608. The van der Waals surface area contributed by atoms with Gasteiger partial charge >= 0.3 is 6.03 Å². The smallest absolute Gasteiger partial charge is 0.317 e. The number of morpholine rings is 1. The van der Waals surface area contributed by atoms with Gasteiger partial charge in [-0.2, -0.15) is 0 Å². The van der Waals surface area contributed by atoms with Gasteiger partial charge in [-0.15, -0.1) is 0 Å². The van der Waals surface area contributed by atoms with Crippen molar-refractivity contribution in [2.45, 2.75) is 0 Å². The van der Waals surface area contributed by atoms with Crippen LogP contribution in [0.2, 0.25) is 0 Å². The molecule has 3 amide bonds. The molecule has 2 saturated heterocycles. The van der Waals surface area contributed by atoms with E-state index in [2.05, 4.69) is 27.5 Å². The Morgan fingerprint density at radius 3 is 2.31 bits per heavy atom. The van der Waals surface area contributed by atoms with E-state index in [-0.39, 0.29) is 18.5 Å². The second kappa shape index (κ2) is 8.86. The van der Waals surface area contributed by atoms with Crippen molar-refractivity contribution in [3.63, 3.8) is 0 Å². The maximum atomic E-state index is 12.0. The number of ether oxygens (including phenoxy) is 1. The quantitative estimate of drug-likeness (QED) is 0.813. The summed E-state index contributed by atoms with van der Waals surface area (Å²) in [7, 11) is 2.13. The Morgan fingerprint density at radius 1 is 1.00 bits per heavy atom. The highest BCUT2D eigenvalue weighted by Gasteiger charge is 2.17. The Hall–Kier alpha value is -2.32. The average molecular weight is 361 g/mol. The van der Waals surface area contributed by atoms with Crippen LogP contribution in [-0.4, -0.2) is 87.8 Å². The zero-order chi connectivity index (χ0) is 18.4. The number of rotatable bonds is 4. The summed E-state index contributed by atoms with van der Waals surface area (Å²) in [5, 5.41) is 5.46. The first-order valence-electron chi connectivity index (χ1n) is 9.06. The topological polar surface area (TPSA) is 77.2 Å². The number of benzene rings is 1. The normalized spacial score (nSPS) is 18.5. The molecule has 2 aliphatic rings. The molecule has 0 aliphatic carbocycles. The highest BCUT2D eigenvalue weighted by Crippen LogP contribution is 2.19. The molecule has 8 nitrogen and oxygen atoms in total. The van der Waals surface area contributed by atoms with Crippen molar-refractivity contribution in [1.82, 2.24) is 15.1 Å². The van der Waals surface area contributed by atoms with Gasteiger partial charge in [-0.3, -0.25) is 4.79 Å². The maximum Gasteiger partial charge on any atom is 0.317 e. The second-order valence-corrected chi connectivity index (χ2v) is 6.64. The van der Waals surface area contributed by atoms with Crippen molar-refractivity contribution < 1.29 is 14.3 Å². The van der Waals surface area contributed by atoms with E-state index >= 15 is 0 Å². The number of likely N-dealkylation sites (N-methyl/N-ethyl adjacent to an activating group) is 1. The number of urea groups is 1. The summed E-state index contributed by atoms with van der Waals surface area (Å²) in [5.74, 6) is -0.237. The third-order valence-electron chi connectivity index (χ3n) is 4.72. The fourth-order valence-corrected chi connectivity index (χ4v) is 3.06. The average Bonchev–Trinajstić information content (AvgIpc) is 2.68. The van der Waals surface area contributed by atoms with Gasteiger partial charge < -0.3 is 30.1 Å². The van der Waals surface area contributed by atoms with Crippen molar-refractivity contribution >= 4 is 23.3 Å². The summed E-state index contributed by atoms with van der Waals surface area (Å²) in [6, 6.07) is 7.61. The van der Waals surface area contributed by atoms with Gasteiger partial charge in [0.15, 0.2) is 0 Å². The molecule has 0 spiro atoms. The number of hydrogen-bond donors (Lipinski definition) is 2. The minimum absolute atomic E-state index is 0.0452. The Labute approximate surface area is 154 Å². The minimum atomic E-state index is -0.237. The third kappa shape index (κ3) is 5.09. The summed E-state index contributed by atoms with van der Waals surface area (Å²) < 4.78 is 5.21. The monoisotopic (exact) mass is 361 g/mol.